The molecule has 6 heteroatoms. The standard InChI is InChI=1S/C9H11NO3S.H2O/c11-14(12,13)8-4-3-7-2-1-5-10-9(7)6-8;/h3-4,6,10H,1-2,5H2,(H,11,12,13);1H2. The minimum Gasteiger partial charge on any atom is -0.412 e. The largest absolute Gasteiger partial charge is 0.412 e. The Hall–Kier alpha value is -1.11. The SMILES string of the molecule is O.O=S(=O)(O)c1ccc2c(c1)NCCC2. The number of fused-ring (bicyclic) bond motifs is 1. The molecule has 2 rings (SSSR count). The van der Waals surface area contributed by atoms with Crippen LogP contribution >= 0.6 is 0 Å². The van der Waals surface area contributed by atoms with Crippen molar-refractivity contribution < 1.29 is 18.4 Å². The van der Waals surface area contributed by atoms with E-state index in [4.69, 9.17) is 4.55 Å². The Morgan fingerprint density at radius 1 is 1.33 bits per heavy atom. The Morgan fingerprint density at radius 3 is 2.73 bits per heavy atom. The van der Waals surface area contributed by atoms with E-state index < -0.39 is 10.1 Å². The summed E-state index contributed by atoms with van der Waals surface area (Å²) in [6, 6.07) is 4.65. The van der Waals surface area contributed by atoms with Gasteiger partial charge < -0.3 is 10.8 Å². The molecule has 15 heavy (non-hydrogen) atoms. The van der Waals surface area contributed by atoms with Crippen LogP contribution in [-0.4, -0.2) is 25.0 Å². The first-order valence-corrected chi connectivity index (χ1v) is 5.86. The van der Waals surface area contributed by atoms with E-state index in [0.717, 1.165) is 30.6 Å². The molecule has 0 fully saturated rings. The van der Waals surface area contributed by atoms with Gasteiger partial charge in [0.15, 0.2) is 0 Å². The first kappa shape index (κ1) is 12.0. The molecule has 0 unspecified atom stereocenters. The highest BCUT2D eigenvalue weighted by atomic mass is 32.2. The Morgan fingerprint density at radius 2 is 2.07 bits per heavy atom. The normalized spacial score (nSPS) is 14.7. The van der Waals surface area contributed by atoms with Crippen LogP contribution in [0.3, 0.4) is 0 Å². The first-order chi connectivity index (χ1) is 6.57. The zero-order valence-corrected chi connectivity index (χ0v) is 8.84. The minimum atomic E-state index is -4.08. The second-order valence-corrected chi connectivity index (χ2v) is 4.75. The molecule has 0 amide bonds. The Bertz CT molecular complexity index is 455. The van der Waals surface area contributed by atoms with Crippen LogP contribution in [0.1, 0.15) is 12.0 Å². The summed E-state index contributed by atoms with van der Waals surface area (Å²) in [6.45, 7) is 0.849. The van der Waals surface area contributed by atoms with Crippen LogP contribution in [-0.2, 0) is 16.5 Å². The van der Waals surface area contributed by atoms with E-state index in [2.05, 4.69) is 5.32 Å². The number of hydrogen-bond acceptors (Lipinski definition) is 3. The van der Waals surface area contributed by atoms with Crippen molar-refractivity contribution in [2.24, 2.45) is 0 Å². The predicted molar refractivity (Wildman–Crippen MR) is 56.7 cm³/mol. The molecule has 1 heterocycles. The van der Waals surface area contributed by atoms with Gasteiger partial charge in [0, 0.05) is 12.2 Å². The monoisotopic (exact) mass is 231 g/mol. The third-order valence-electron chi connectivity index (χ3n) is 2.32. The van der Waals surface area contributed by atoms with Gasteiger partial charge in [0.25, 0.3) is 10.1 Å². The highest BCUT2D eigenvalue weighted by Crippen LogP contribution is 2.24. The van der Waals surface area contributed by atoms with E-state index in [1.54, 1.807) is 6.07 Å². The first-order valence-electron chi connectivity index (χ1n) is 4.42. The summed E-state index contributed by atoms with van der Waals surface area (Å²) in [6.07, 6.45) is 2.01. The molecule has 1 aromatic carbocycles. The van der Waals surface area contributed by atoms with E-state index >= 15 is 0 Å². The molecule has 1 aliphatic heterocycles. The second-order valence-electron chi connectivity index (χ2n) is 3.32. The number of benzene rings is 1. The number of hydrogen-bond donors (Lipinski definition) is 2. The lowest BCUT2D eigenvalue weighted by Gasteiger charge is -2.17. The molecule has 0 aromatic heterocycles. The van der Waals surface area contributed by atoms with Crippen LogP contribution in [0.2, 0.25) is 0 Å². The minimum absolute atomic E-state index is 0. The van der Waals surface area contributed by atoms with Crippen LogP contribution in [0.25, 0.3) is 0 Å². The maximum atomic E-state index is 10.8. The molecule has 1 aliphatic rings. The average Bonchev–Trinajstić information content (AvgIpc) is 2.16. The number of rotatable bonds is 1. The third-order valence-corrected chi connectivity index (χ3v) is 3.17. The van der Waals surface area contributed by atoms with Crippen molar-refractivity contribution >= 4 is 15.8 Å². The van der Waals surface area contributed by atoms with Crippen LogP contribution in [0.15, 0.2) is 23.1 Å². The van der Waals surface area contributed by atoms with Gasteiger partial charge in [0.05, 0.1) is 4.90 Å². The van der Waals surface area contributed by atoms with Gasteiger partial charge in [-0.2, -0.15) is 8.42 Å². The summed E-state index contributed by atoms with van der Waals surface area (Å²) >= 11 is 0. The highest BCUT2D eigenvalue weighted by Gasteiger charge is 2.14. The van der Waals surface area contributed by atoms with Crippen LogP contribution in [0, 0.1) is 0 Å². The number of nitrogens with one attached hydrogen (secondary N) is 1. The fraction of sp³-hybridized carbons (Fsp3) is 0.333. The summed E-state index contributed by atoms with van der Waals surface area (Å²) in [7, 11) is -4.08. The zero-order chi connectivity index (χ0) is 10.2. The quantitative estimate of drug-likeness (QED) is 0.686. The molecular weight excluding hydrogens is 218 g/mol. The van der Waals surface area contributed by atoms with Gasteiger partial charge in [0.1, 0.15) is 0 Å². The Kier molecular flexibility index (Phi) is 3.33. The average molecular weight is 231 g/mol. The molecular formula is C9H13NO4S. The van der Waals surface area contributed by atoms with Crippen molar-refractivity contribution in [1.29, 1.82) is 0 Å². The molecule has 0 spiro atoms. The molecule has 0 saturated heterocycles. The van der Waals surface area contributed by atoms with Gasteiger partial charge in [-0.15, -0.1) is 0 Å². The van der Waals surface area contributed by atoms with Gasteiger partial charge in [-0.1, -0.05) is 6.07 Å². The highest BCUT2D eigenvalue weighted by molar-refractivity contribution is 7.85. The predicted octanol–water partition coefficient (Wildman–Crippen LogP) is 0.467. The molecule has 0 radical (unpaired) electrons. The molecule has 4 N–H and O–H groups in total. The van der Waals surface area contributed by atoms with Crippen molar-refractivity contribution in [3.63, 3.8) is 0 Å². The van der Waals surface area contributed by atoms with Gasteiger partial charge in [-0.25, -0.2) is 0 Å². The van der Waals surface area contributed by atoms with Gasteiger partial charge in [-0.3, -0.25) is 4.55 Å². The lowest BCUT2D eigenvalue weighted by molar-refractivity contribution is 0.483. The fourth-order valence-corrected chi connectivity index (χ4v) is 2.11. The lowest BCUT2D eigenvalue weighted by atomic mass is 10.0. The van der Waals surface area contributed by atoms with E-state index in [-0.39, 0.29) is 10.4 Å². The molecule has 84 valence electrons. The summed E-state index contributed by atoms with van der Waals surface area (Å²) in [5.41, 5.74) is 1.91. The van der Waals surface area contributed by atoms with Crippen LogP contribution < -0.4 is 5.32 Å². The summed E-state index contributed by atoms with van der Waals surface area (Å²) in [5, 5.41) is 3.10. The summed E-state index contributed by atoms with van der Waals surface area (Å²) in [5.74, 6) is 0. The van der Waals surface area contributed by atoms with Crippen molar-refractivity contribution in [3.8, 4) is 0 Å². The molecule has 5 nitrogen and oxygen atoms in total. The van der Waals surface area contributed by atoms with Crippen LogP contribution in [0.5, 0.6) is 0 Å². The smallest absolute Gasteiger partial charge is 0.294 e. The maximum Gasteiger partial charge on any atom is 0.294 e. The number of aryl methyl sites for hydroxylation is 1. The topological polar surface area (TPSA) is 97.9 Å². The van der Waals surface area contributed by atoms with Gasteiger partial charge >= 0.3 is 0 Å². The molecule has 0 aliphatic carbocycles. The van der Waals surface area contributed by atoms with Gasteiger partial charge in [0.2, 0.25) is 0 Å². The van der Waals surface area contributed by atoms with Crippen molar-refractivity contribution in [1.82, 2.24) is 0 Å². The zero-order valence-electron chi connectivity index (χ0n) is 8.03. The lowest BCUT2D eigenvalue weighted by Crippen LogP contribution is -2.12. The molecule has 0 saturated carbocycles. The second kappa shape index (κ2) is 4.18. The van der Waals surface area contributed by atoms with Gasteiger partial charge in [-0.05, 0) is 30.5 Å². The van der Waals surface area contributed by atoms with E-state index in [0.29, 0.717) is 0 Å². The fourth-order valence-electron chi connectivity index (χ4n) is 1.60. The summed E-state index contributed by atoms with van der Waals surface area (Å²) < 4.78 is 30.5. The van der Waals surface area contributed by atoms with Crippen molar-refractivity contribution in [3.05, 3.63) is 23.8 Å². The molecule has 0 atom stereocenters. The van der Waals surface area contributed by atoms with Crippen molar-refractivity contribution in [2.75, 3.05) is 11.9 Å². The Balaban J connectivity index is 0.00000112. The summed E-state index contributed by atoms with van der Waals surface area (Å²) in [4.78, 5) is -0.0503. The molecule has 0 bridgehead atoms. The maximum absolute atomic E-state index is 10.8. The Labute approximate surface area is 88.2 Å². The van der Waals surface area contributed by atoms with E-state index in [1.807, 2.05) is 0 Å². The van der Waals surface area contributed by atoms with E-state index in [1.165, 1.54) is 12.1 Å². The van der Waals surface area contributed by atoms with Crippen LogP contribution in [0.4, 0.5) is 5.69 Å². The van der Waals surface area contributed by atoms with E-state index in [9.17, 15) is 8.42 Å². The number of anilines is 1. The van der Waals surface area contributed by atoms with Crippen molar-refractivity contribution in [2.45, 2.75) is 17.7 Å². The molecule has 1 aromatic rings. The third kappa shape index (κ3) is 2.47.